The van der Waals surface area contributed by atoms with Gasteiger partial charge in [0.2, 0.25) is 11.7 Å². The number of aliphatic hydroxyl groups is 3. The van der Waals surface area contributed by atoms with Crippen molar-refractivity contribution in [2.45, 2.75) is 62.6 Å². The van der Waals surface area contributed by atoms with Crippen molar-refractivity contribution < 1.29 is 82.6 Å². The molecule has 1 heterocycles. The molecule has 1 saturated heterocycles. The molecule has 11 nitrogen and oxygen atoms in total. The van der Waals surface area contributed by atoms with E-state index < -0.39 is 84.7 Å². The van der Waals surface area contributed by atoms with Gasteiger partial charge in [0.25, 0.3) is 5.91 Å². The van der Waals surface area contributed by atoms with Crippen LogP contribution in [0.4, 0.5) is 8.78 Å². The van der Waals surface area contributed by atoms with Gasteiger partial charge in [-0.15, -0.1) is 0 Å². The second kappa shape index (κ2) is 14.3. The molecule has 3 rings (SSSR count). The number of amides is 2. The van der Waals surface area contributed by atoms with Crippen LogP contribution in [0.3, 0.4) is 0 Å². The Kier molecular flexibility index (Phi) is 12.2. The Hall–Kier alpha value is -2.20. The van der Waals surface area contributed by atoms with Crippen LogP contribution in [0.15, 0.2) is 42.5 Å². The quantitative estimate of drug-likeness (QED) is 0.174. The van der Waals surface area contributed by atoms with E-state index in [2.05, 4.69) is 10.6 Å². The molecule has 15 heteroatoms. The number of carboxylic acid groups (broad SMARTS) is 1. The number of carbonyl (C=O) groups is 3. The van der Waals surface area contributed by atoms with Crippen LogP contribution in [0.25, 0.3) is 0 Å². The standard InChI is InChI=1S/C26H29ClF2N2O9.Na/c1-13(32)31-22-21(20(34)18(33)10-30-23(35)14-6-8-16(27)9-7-14)40-26(24(36)37,12-25(22,2)38)39-11-15-4-3-5-17(28)19(15)29;/h3-9,18,20-22,33-34,38H,10-12H2,1-2H3,(H,30,35)(H,31,32)(H,36,37);/q;+1/p-1/t18-,20-,21+,22+,25-,26-;/m1./s1. The van der Waals surface area contributed by atoms with E-state index in [1.54, 1.807) is 0 Å². The predicted octanol–water partition coefficient (Wildman–Crippen LogP) is -3.22. The van der Waals surface area contributed by atoms with E-state index >= 15 is 0 Å². The Morgan fingerprint density at radius 2 is 1.83 bits per heavy atom. The Bertz CT molecular complexity index is 1250. The van der Waals surface area contributed by atoms with E-state index in [1.807, 2.05) is 0 Å². The van der Waals surface area contributed by atoms with Gasteiger partial charge in [-0.25, -0.2) is 8.78 Å². The molecule has 1 aliphatic heterocycles. The van der Waals surface area contributed by atoms with Crippen molar-refractivity contribution in [3.8, 4) is 0 Å². The summed E-state index contributed by atoms with van der Waals surface area (Å²) in [5, 5.41) is 50.2. The molecular formula is C26H28ClF2N2NaO9. The number of rotatable bonds is 10. The maximum absolute atomic E-state index is 14.2. The van der Waals surface area contributed by atoms with Gasteiger partial charge in [-0.2, -0.15) is 0 Å². The molecule has 218 valence electrons. The molecule has 1 fully saturated rings. The van der Waals surface area contributed by atoms with Gasteiger partial charge in [-0.3, -0.25) is 9.59 Å². The topological polar surface area (TPSA) is 177 Å². The molecule has 0 saturated carbocycles. The second-order valence-corrected chi connectivity index (χ2v) is 10.0. The summed E-state index contributed by atoms with van der Waals surface area (Å²) in [6, 6.07) is 7.40. The Morgan fingerprint density at radius 1 is 1.20 bits per heavy atom. The summed E-state index contributed by atoms with van der Waals surface area (Å²) < 4.78 is 38.7. The maximum atomic E-state index is 14.2. The van der Waals surface area contributed by atoms with E-state index in [0.29, 0.717) is 5.02 Å². The minimum absolute atomic E-state index is 0. The molecule has 0 aromatic heterocycles. The van der Waals surface area contributed by atoms with Gasteiger partial charge >= 0.3 is 29.6 Å². The number of halogens is 3. The smallest absolute Gasteiger partial charge is 0.544 e. The zero-order chi connectivity index (χ0) is 29.8. The zero-order valence-corrected chi connectivity index (χ0v) is 25.2. The van der Waals surface area contributed by atoms with E-state index in [4.69, 9.17) is 21.1 Å². The molecule has 2 aromatic rings. The summed E-state index contributed by atoms with van der Waals surface area (Å²) >= 11 is 5.80. The van der Waals surface area contributed by atoms with Crippen LogP contribution in [0, 0.1) is 11.6 Å². The normalized spacial score (nSPS) is 25.4. The van der Waals surface area contributed by atoms with Crippen molar-refractivity contribution in [1.29, 1.82) is 0 Å². The SMILES string of the molecule is CC(=O)N[C@H]1[C@H]([C@H](O)[C@H](O)CNC(=O)c2ccc(Cl)cc2)O[C@@](OCc2cccc(F)c2F)(C(=O)[O-])C[C@@]1(C)O.[Na+]. The number of nitrogens with one attached hydrogen (secondary N) is 2. The molecule has 0 radical (unpaired) electrons. The fourth-order valence-electron chi connectivity index (χ4n) is 4.35. The number of hydrogen-bond acceptors (Lipinski definition) is 9. The van der Waals surface area contributed by atoms with Crippen molar-refractivity contribution in [1.82, 2.24) is 10.6 Å². The van der Waals surface area contributed by atoms with Gasteiger partial charge in [0.05, 0.1) is 24.4 Å². The summed E-state index contributed by atoms with van der Waals surface area (Å²) in [4.78, 5) is 36.5. The minimum Gasteiger partial charge on any atom is -0.544 e. The number of carbonyl (C=O) groups excluding carboxylic acids is 3. The number of aliphatic carboxylic acids is 1. The third kappa shape index (κ3) is 8.43. The summed E-state index contributed by atoms with van der Waals surface area (Å²) in [6.07, 6.45) is -6.57. The van der Waals surface area contributed by atoms with Gasteiger partial charge in [0.1, 0.15) is 18.2 Å². The van der Waals surface area contributed by atoms with E-state index in [1.165, 1.54) is 24.3 Å². The van der Waals surface area contributed by atoms with Gasteiger partial charge in [-0.05, 0) is 37.3 Å². The van der Waals surface area contributed by atoms with Crippen molar-refractivity contribution in [2.24, 2.45) is 0 Å². The maximum Gasteiger partial charge on any atom is 1.00 e. The summed E-state index contributed by atoms with van der Waals surface area (Å²) in [7, 11) is 0. The van der Waals surface area contributed by atoms with Crippen LogP contribution >= 0.6 is 11.6 Å². The van der Waals surface area contributed by atoms with Gasteiger partial charge in [0.15, 0.2) is 11.6 Å². The average Bonchev–Trinajstić information content (AvgIpc) is 2.88. The number of aliphatic hydroxyl groups excluding tert-OH is 2. The molecule has 0 aliphatic carbocycles. The number of benzene rings is 2. The van der Waals surface area contributed by atoms with Crippen LogP contribution in [0.5, 0.6) is 0 Å². The molecular weight excluding hydrogens is 581 g/mol. The van der Waals surface area contributed by atoms with Crippen LogP contribution in [-0.2, 0) is 25.7 Å². The first-order valence-corrected chi connectivity index (χ1v) is 12.4. The zero-order valence-electron chi connectivity index (χ0n) is 22.4. The number of hydrogen-bond donors (Lipinski definition) is 5. The fourth-order valence-corrected chi connectivity index (χ4v) is 4.47. The first-order chi connectivity index (χ1) is 18.7. The average molecular weight is 609 g/mol. The van der Waals surface area contributed by atoms with E-state index in [0.717, 1.165) is 32.0 Å². The van der Waals surface area contributed by atoms with Crippen LogP contribution in [-0.4, -0.2) is 75.4 Å². The number of ether oxygens (including phenoxy) is 2. The predicted molar refractivity (Wildman–Crippen MR) is 132 cm³/mol. The molecule has 0 unspecified atom stereocenters. The summed E-state index contributed by atoms with van der Waals surface area (Å²) in [6.45, 7) is 0.798. The van der Waals surface area contributed by atoms with Crippen molar-refractivity contribution in [3.05, 3.63) is 70.2 Å². The third-order valence-electron chi connectivity index (χ3n) is 6.39. The molecule has 0 bridgehead atoms. The monoisotopic (exact) mass is 608 g/mol. The summed E-state index contributed by atoms with van der Waals surface area (Å²) in [5.74, 6) is -8.73. The van der Waals surface area contributed by atoms with Crippen molar-refractivity contribution in [3.63, 3.8) is 0 Å². The minimum atomic E-state index is -2.84. The Morgan fingerprint density at radius 3 is 2.41 bits per heavy atom. The van der Waals surface area contributed by atoms with Gasteiger partial charge in [0, 0.05) is 36.0 Å². The van der Waals surface area contributed by atoms with Gasteiger partial charge < -0.3 is 45.3 Å². The van der Waals surface area contributed by atoms with Crippen LogP contribution in [0.1, 0.15) is 36.2 Å². The molecule has 6 atom stereocenters. The van der Waals surface area contributed by atoms with Crippen LogP contribution < -0.4 is 45.3 Å². The first-order valence-electron chi connectivity index (χ1n) is 12.0. The third-order valence-corrected chi connectivity index (χ3v) is 6.64. The Labute approximate surface area is 261 Å². The molecule has 41 heavy (non-hydrogen) atoms. The summed E-state index contributed by atoms with van der Waals surface area (Å²) in [5.41, 5.74) is -2.36. The molecule has 2 amide bonds. The second-order valence-electron chi connectivity index (χ2n) is 9.61. The van der Waals surface area contributed by atoms with Crippen molar-refractivity contribution in [2.75, 3.05) is 6.54 Å². The van der Waals surface area contributed by atoms with Gasteiger partial charge in [-0.1, -0.05) is 23.7 Å². The molecule has 2 aromatic carbocycles. The van der Waals surface area contributed by atoms with Crippen molar-refractivity contribution >= 4 is 29.4 Å². The largest absolute Gasteiger partial charge is 1.00 e. The first kappa shape index (κ1) is 35.0. The number of carboxylic acids is 1. The van der Waals surface area contributed by atoms with E-state index in [9.17, 15) is 43.6 Å². The fraction of sp³-hybridized carbons (Fsp3) is 0.423. The van der Waals surface area contributed by atoms with Crippen LogP contribution in [0.2, 0.25) is 5.02 Å². The molecule has 1 aliphatic rings. The molecule has 0 spiro atoms. The Balaban J connectivity index is 0.00000588. The van der Waals surface area contributed by atoms with E-state index in [-0.39, 0.29) is 40.7 Å². The molecule has 5 N–H and O–H groups in total.